The number of nitrogens with one attached hydrogen (secondary N) is 2. The molecule has 120 valence electrons. The average Bonchev–Trinajstić information content (AvgIpc) is 2.38. The molecule has 0 aliphatic carbocycles. The van der Waals surface area contributed by atoms with Crippen LogP contribution in [0.3, 0.4) is 0 Å². The molecule has 0 aromatic heterocycles. The Kier molecular flexibility index (Phi) is 6.47. The highest BCUT2D eigenvalue weighted by Gasteiger charge is 2.25. The van der Waals surface area contributed by atoms with Crippen molar-refractivity contribution in [3.8, 4) is 0 Å². The molecule has 1 rings (SSSR count). The van der Waals surface area contributed by atoms with E-state index in [1.54, 1.807) is 12.1 Å². The van der Waals surface area contributed by atoms with Gasteiger partial charge in [0.05, 0.1) is 4.90 Å². The number of halogens is 3. The third kappa shape index (κ3) is 6.81. The van der Waals surface area contributed by atoms with E-state index in [0.29, 0.717) is 0 Å². The van der Waals surface area contributed by atoms with Crippen LogP contribution in [0.1, 0.15) is 26.2 Å². The minimum Gasteiger partial charge on any atom is -0.385 e. The summed E-state index contributed by atoms with van der Waals surface area (Å²) < 4.78 is 61.9. The first-order valence-electron chi connectivity index (χ1n) is 6.65. The van der Waals surface area contributed by atoms with E-state index in [0.717, 1.165) is 12.2 Å². The number of rotatable bonds is 8. The van der Waals surface area contributed by atoms with Gasteiger partial charge >= 0.3 is 6.18 Å². The number of anilines is 1. The van der Waals surface area contributed by atoms with Crippen molar-refractivity contribution in [2.75, 3.05) is 18.4 Å². The number of benzene rings is 1. The van der Waals surface area contributed by atoms with Gasteiger partial charge in [0.25, 0.3) is 0 Å². The molecular formula is C13H19F3N2O2S. The van der Waals surface area contributed by atoms with Gasteiger partial charge < -0.3 is 5.32 Å². The molecule has 0 saturated heterocycles. The second-order valence-electron chi connectivity index (χ2n) is 4.52. The smallest absolute Gasteiger partial charge is 0.385 e. The number of sulfonamides is 1. The molecule has 1 aromatic carbocycles. The van der Waals surface area contributed by atoms with Crippen LogP contribution in [0, 0.1) is 0 Å². The van der Waals surface area contributed by atoms with E-state index in [9.17, 15) is 21.6 Å². The van der Waals surface area contributed by atoms with Gasteiger partial charge in [0, 0.05) is 25.2 Å². The fraction of sp³-hybridized carbons (Fsp3) is 0.538. The van der Waals surface area contributed by atoms with E-state index in [1.165, 1.54) is 12.1 Å². The highest BCUT2D eigenvalue weighted by molar-refractivity contribution is 7.89. The van der Waals surface area contributed by atoms with Crippen molar-refractivity contribution in [1.29, 1.82) is 0 Å². The summed E-state index contributed by atoms with van der Waals surface area (Å²) in [5, 5.41) is 3.04. The maximum Gasteiger partial charge on any atom is 0.389 e. The molecule has 0 aliphatic rings. The SMILES string of the molecule is CCNc1ccc(S(=O)(=O)NCCCCC(F)(F)F)cc1. The summed E-state index contributed by atoms with van der Waals surface area (Å²) in [6.07, 6.45) is -5.04. The van der Waals surface area contributed by atoms with Crippen molar-refractivity contribution in [2.45, 2.75) is 37.3 Å². The molecule has 0 unspecified atom stereocenters. The Hall–Kier alpha value is -1.28. The average molecular weight is 324 g/mol. The second kappa shape index (κ2) is 7.65. The molecule has 0 aliphatic heterocycles. The Morgan fingerprint density at radius 3 is 2.24 bits per heavy atom. The number of alkyl halides is 3. The molecule has 8 heteroatoms. The molecule has 0 bridgehead atoms. The van der Waals surface area contributed by atoms with Gasteiger partial charge in [0.2, 0.25) is 10.0 Å². The van der Waals surface area contributed by atoms with Crippen molar-refractivity contribution in [2.24, 2.45) is 0 Å². The Morgan fingerprint density at radius 2 is 1.71 bits per heavy atom. The third-order valence-corrected chi connectivity index (χ3v) is 4.20. The van der Waals surface area contributed by atoms with Gasteiger partial charge in [-0.1, -0.05) is 0 Å². The zero-order chi connectivity index (χ0) is 15.9. The monoisotopic (exact) mass is 324 g/mol. The first-order chi connectivity index (χ1) is 9.74. The van der Waals surface area contributed by atoms with E-state index < -0.39 is 22.6 Å². The fourth-order valence-electron chi connectivity index (χ4n) is 1.70. The molecule has 21 heavy (non-hydrogen) atoms. The maximum atomic E-state index is 11.9. The van der Waals surface area contributed by atoms with Crippen LogP contribution < -0.4 is 10.0 Å². The quantitative estimate of drug-likeness (QED) is 0.722. The van der Waals surface area contributed by atoms with Gasteiger partial charge in [0.1, 0.15) is 0 Å². The van der Waals surface area contributed by atoms with Crippen LogP contribution in [-0.4, -0.2) is 27.7 Å². The summed E-state index contributed by atoms with van der Waals surface area (Å²) in [7, 11) is -3.67. The van der Waals surface area contributed by atoms with Crippen LogP contribution >= 0.6 is 0 Å². The lowest BCUT2D eigenvalue weighted by Crippen LogP contribution is -2.25. The minimum absolute atomic E-state index is 0.00657. The van der Waals surface area contributed by atoms with Crippen LogP contribution in [0.5, 0.6) is 0 Å². The van der Waals surface area contributed by atoms with E-state index in [2.05, 4.69) is 10.0 Å². The Morgan fingerprint density at radius 1 is 1.10 bits per heavy atom. The highest BCUT2D eigenvalue weighted by atomic mass is 32.2. The number of unbranched alkanes of at least 4 members (excludes halogenated alkanes) is 1. The summed E-state index contributed by atoms with van der Waals surface area (Å²) in [4.78, 5) is 0.0972. The fourth-order valence-corrected chi connectivity index (χ4v) is 2.77. The van der Waals surface area contributed by atoms with Crippen molar-refractivity contribution in [3.63, 3.8) is 0 Å². The molecule has 0 spiro atoms. The molecular weight excluding hydrogens is 305 g/mol. The summed E-state index contributed by atoms with van der Waals surface area (Å²) >= 11 is 0. The number of hydrogen-bond donors (Lipinski definition) is 2. The first-order valence-corrected chi connectivity index (χ1v) is 8.13. The maximum absolute atomic E-state index is 11.9. The second-order valence-corrected chi connectivity index (χ2v) is 6.29. The first kappa shape index (κ1) is 17.8. The zero-order valence-corrected chi connectivity index (χ0v) is 12.5. The van der Waals surface area contributed by atoms with Gasteiger partial charge in [-0.05, 0) is 44.0 Å². The van der Waals surface area contributed by atoms with Gasteiger partial charge in [-0.15, -0.1) is 0 Å². The summed E-state index contributed by atoms with van der Waals surface area (Å²) in [6, 6.07) is 6.19. The van der Waals surface area contributed by atoms with Gasteiger partial charge in [-0.3, -0.25) is 0 Å². The predicted octanol–water partition coefficient (Wildman–Crippen LogP) is 3.13. The molecule has 0 fully saturated rings. The highest BCUT2D eigenvalue weighted by Crippen LogP contribution is 2.22. The molecule has 0 saturated carbocycles. The van der Waals surface area contributed by atoms with Crippen molar-refractivity contribution in [3.05, 3.63) is 24.3 Å². The molecule has 0 heterocycles. The summed E-state index contributed by atoms with van der Waals surface area (Å²) in [6.45, 7) is 2.64. The Bertz CT molecular complexity index is 527. The van der Waals surface area contributed by atoms with E-state index in [4.69, 9.17) is 0 Å². The molecule has 0 amide bonds. The Labute approximate surface area is 122 Å². The lowest BCUT2D eigenvalue weighted by atomic mass is 10.2. The van der Waals surface area contributed by atoms with Crippen LogP contribution in [-0.2, 0) is 10.0 Å². The van der Waals surface area contributed by atoms with E-state index >= 15 is 0 Å². The minimum atomic E-state index is -4.19. The molecule has 1 aromatic rings. The molecule has 0 radical (unpaired) electrons. The van der Waals surface area contributed by atoms with Crippen LogP contribution in [0.2, 0.25) is 0 Å². The lowest BCUT2D eigenvalue weighted by Gasteiger charge is -2.09. The van der Waals surface area contributed by atoms with Crippen molar-refractivity contribution in [1.82, 2.24) is 4.72 Å². The molecule has 0 atom stereocenters. The summed E-state index contributed by atoms with van der Waals surface area (Å²) in [5.41, 5.74) is 0.807. The number of hydrogen-bond acceptors (Lipinski definition) is 3. The van der Waals surface area contributed by atoms with Crippen LogP contribution in [0.25, 0.3) is 0 Å². The van der Waals surface area contributed by atoms with Gasteiger partial charge in [-0.25, -0.2) is 13.1 Å². The lowest BCUT2D eigenvalue weighted by molar-refractivity contribution is -0.135. The van der Waals surface area contributed by atoms with E-state index in [1.807, 2.05) is 6.92 Å². The molecule has 4 nitrogen and oxygen atoms in total. The largest absolute Gasteiger partial charge is 0.389 e. The van der Waals surface area contributed by atoms with Gasteiger partial charge in [-0.2, -0.15) is 13.2 Å². The summed E-state index contributed by atoms with van der Waals surface area (Å²) in [5.74, 6) is 0. The normalized spacial score (nSPS) is 12.4. The van der Waals surface area contributed by atoms with Crippen LogP contribution in [0.4, 0.5) is 18.9 Å². The Balaban J connectivity index is 2.46. The van der Waals surface area contributed by atoms with Crippen molar-refractivity contribution >= 4 is 15.7 Å². The predicted molar refractivity (Wildman–Crippen MR) is 75.7 cm³/mol. The standard InChI is InChI=1S/C13H19F3N2O2S/c1-2-17-11-5-7-12(8-6-11)21(19,20)18-10-4-3-9-13(14,15)16/h5-8,17-18H,2-4,9-10H2,1H3. The van der Waals surface area contributed by atoms with Crippen LogP contribution in [0.15, 0.2) is 29.2 Å². The molecule has 2 N–H and O–H groups in total. The topological polar surface area (TPSA) is 58.2 Å². The third-order valence-electron chi connectivity index (χ3n) is 2.72. The van der Waals surface area contributed by atoms with Gasteiger partial charge in [0.15, 0.2) is 0 Å². The van der Waals surface area contributed by atoms with E-state index in [-0.39, 0.29) is 24.3 Å². The van der Waals surface area contributed by atoms with Crippen molar-refractivity contribution < 1.29 is 21.6 Å². The zero-order valence-electron chi connectivity index (χ0n) is 11.7.